The van der Waals surface area contributed by atoms with Gasteiger partial charge in [0.25, 0.3) is 0 Å². The third kappa shape index (κ3) is 1.64. The molecule has 1 aliphatic heterocycles. The molecule has 5 N–H and O–H groups in total. The van der Waals surface area contributed by atoms with Crippen molar-refractivity contribution in [3.63, 3.8) is 0 Å². The molecule has 0 saturated carbocycles. The molecule has 0 aliphatic carbocycles. The molecule has 4 heterocycles. The topological polar surface area (TPSA) is 157 Å². The Morgan fingerprint density at radius 3 is 2.77 bits per heavy atom. The maximum Gasteiger partial charge on any atom is 0.209 e. The predicted molar refractivity (Wildman–Crippen MR) is 71.5 cm³/mol. The van der Waals surface area contributed by atoms with Gasteiger partial charge in [0.15, 0.2) is 23.0 Å². The second-order valence-electron chi connectivity index (χ2n) is 5.05. The van der Waals surface area contributed by atoms with Gasteiger partial charge in [0.1, 0.15) is 24.6 Å². The van der Waals surface area contributed by atoms with E-state index in [1.54, 1.807) is 0 Å². The van der Waals surface area contributed by atoms with Crippen LogP contribution in [0.3, 0.4) is 0 Å². The predicted octanol–water partition coefficient (Wildman–Crippen LogP) is -2.33. The van der Waals surface area contributed by atoms with Gasteiger partial charge in [0.05, 0.1) is 12.9 Å². The van der Waals surface area contributed by atoms with E-state index in [0.717, 1.165) is 0 Å². The molecular weight excluding hydrogens is 294 g/mol. The Balaban J connectivity index is 1.88. The number of fused-ring (bicyclic) bond motifs is 3. The number of ether oxygens (including phenoxy) is 1. The van der Waals surface area contributed by atoms with Gasteiger partial charge >= 0.3 is 0 Å². The number of aromatic nitrogens is 6. The van der Waals surface area contributed by atoms with Crippen LogP contribution < -0.4 is 5.73 Å². The molecule has 0 amide bonds. The zero-order chi connectivity index (χ0) is 15.4. The van der Waals surface area contributed by atoms with Crippen LogP contribution in [0.25, 0.3) is 16.8 Å². The van der Waals surface area contributed by atoms with E-state index in [2.05, 4.69) is 20.2 Å². The van der Waals surface area contributed by atoms with Gasteiger partial charge in [-0.1, -0.05) is 0 Å². The lowest BCUT2D eigenvalue weighted by molar-refractivity contribution is -0.0511. The van der Waals surface area contributed by atoms with Crippen LogP contribution in [0.1, 0.15) is 6.23 Å². The molecule has 0 bridgehead atoms. The highest BCUT2D eigenvalue weighted by atomic mass is 16.6. The number of aliphatic hydroxyl groups excluding tert-OH is 3. The summed E-state index contributed by atoms with van der Waals surface area (Å²) < 4.78 is 8.40. The summed E-state index contributed by atoms with van der Waals surface area (Å²) in [7, 11) is 0. The van der Waals surface area contributed by atoms with Gasteiger partial charge < -0.3 is 25.8 Å². The second-order valence-corrected chi connectivity index (χ2v) is 5.05. The molecule has 0 radical (unpaired) electrons. The van der Waals surface area contributed by atoms with Crippen molar-refractivity contribution in [2.24, 2.45) is 0 Å². The lowest BCUT2D eigenvalue weighted by atomic mass is 10.1. The molecule has 1 fully saturated rings. The molecule has 4 atom stereocenters. The molecule has 11 heteroatoms. The minimum Gasteiger partial charge on any atom is -0.394 e. The van der Waals surface area contributed by atoms with Gasteiger partial charge in [-0.3, -0.25) is 4.57 Å². The number of anilines is 1. The van der Waals surface area contributed by atoms with Crippen molar-refractivity contribution in [1.29, 1.82) is 0 Å². The smallest absolute Gasteiger partial charge is 0.209 e. The Hall–Kier alpha value is -2.34. The Labute approximate surface area is 122 Å². The van der Waals surface area contributed by atoms with Gasteiger partial charge in [0.2, 0.25) is 5.95 Å². The third-order valence-electron chi connectivity index (χ3n) is 3.79. The van der Waals surface area contributed by atoms with Crippen molar-refractivity contribution in [1.82, 2.24) is 29.1 Å². The van der Waals surface area contributed by atoms with E-state index >= 15 is 0 Å². The summed E-state index contributed by atoms with van der Waals surface area (Å²) in [4.78, 5) is 8.42. The molecular formula is C11H13N7O4. The van der Waals surface area contributed by atoms with E-state index in [1.807, 2.05) is 0 Å². The molecule has 116 valence electrons. The first-order chi connectivity index (χ1) is 10.6. The van der Waals surface area contributed by atoms with Gasteiger partial charge in [-0.15, -0.1) is 10.2 Å². The van der Waals surface area contributed by atoms with Crippen LogP contribution in [0.5, 0.6) is 0 Å². The number of aliphatic hydroxyl groups is 3. The van der Waals surface area contributed by atoms with Crippen molar-refractivity contribution < 1.29 is 20.1 Å². The van der Waals surface area contributed by atoms with Crippen LogP contribution in [0.15, 0.2) is 12.7 Å². The molecule has 1 aliphatic rings. The molecule has 3 aromatic heterocycles. The van der Waals surface area contributed by atoms with Crippen LogP contribution >= 0.6 is 0 Å². The van der Waals surface area contributed by atoms with E-state index in [-0.39, 0.29) is 5.95 Å². The monoisotopic (exact) mass is 307 g/mol. The van der Waals surface area contributed by atoms with Crippen molar-refractivity contribution >= 4 is 22.8 Å². The Morgan fingerprint density at radius 2 is 2.05 bits per heavy atom. The average Bonchev–Trinajstić information content (AvgIpc) is 3.19. The van der Waals surface area contributed by atoms with Crippen LogP contribution in [0, 0.1) is 0 Å². The fourth-order valence-corrected chi connectivity index (χ4v) is 2.65. The molecule has 1 saturated heterocycles. The average molecular weight is 307 g/mol. The Bertz CT molecular complexity index is 846. The molecule has 0 spiro atoms. The highest BCUT2D eigenvalue weighted by Gasteiger charge is 2.44. The standard InChI is InChI=1S/C11H13N7O4/c12-11-15-8-5(9-16-14-3-18(9)11)13-2-17(8)10-7(21)6(20)4(1-19)22-10/h2-4,6-7,10,19-21H,1H2,(H2,12,15)/t4-,6-,7-,10-/m1/s1. The number of hydrogen-bond acceptors (Lipinski definition) is 9. The number of hydrogen-bond donors (Lipinski definition) is 4. The van der Waals surface area contributed by atoms with Crippen molar-refractivity contribution in [3.8, 4) is 0 Å². The largest absolute Gasteiger partial charge is 0.394 e. The lowest BCUT2D eigenvalue weighted by Crippen LogP contribution is -2.33. The number of nitrogens with two attached hydrogens (primary N) is 1. The van der Waals surface area contributed by atoms with Crippen molar-refractivity contribution in [2.45, 2.75) is 24.5 Å². The summed E-state index contributed by atoms with van der Waals surface area (Å²) in [6.45, 7) is -0.411. The quantitative estimate of drug-likeness (QED) is 0.407. The van der Waals surface area contributed by atoms with Crippen molar-refractivity contribution in [2.75, 3.05) is 12.3 Å². The second kappa shape index (κ2) is 4.58. The number of imidazole rings is 1. The molecule has 4 rings (SSSR count). The highest BCUT2D eigenvalue weighted by Crippen LogP contribution is 2.32. The summed E-state index contributed by atoms with van der Waals surface area (Å²) in [6.07, 6.45) is -1.43. The van der Waals surface area contributed by atoms with E-state index in [0.29, 0.717) is 16.8 Å². The van der Waals surface area contributed by atoms with Gasteiger partial charge in [-0.25, -0.2) is 9.38 Å². The Morgan fingerprint density at radius 1 is 1.23 bits per heavy atom. The summed E-state index contributed by atoms with van der Waals surface area (Å²) >= 11 is 0. The molecule has 22 heavy (non-hydrogen) atoms. The summed E-state index contributed by atoms with van der Waals surface area (Å²) in [5.74, 6) is 0.154. The lowest BCUT2D eigenvalue weighted by Gasteiger charge is -2.16. The molecule has 3 aromatic rings. The number of rotatable bonds is 2. The summed E-state index contributed by atoms with van der Waals surface area (Å²) in [6, 6.07) is 0. The van der Waals surface area contributed by atoms with Crippen LogP contribution in [-0.2, 0) is 4.74 Å². The fourth-order valence-electron chi connectivity index (χ4n) is 2.65. The SMILES string of the molecule is Nc1nc2c(ncn2[C@@H]2O[C@H](CO)[C@@H](O)[C@H]2O)c2nncn12. The van der Waals surface area contributed by atoms with E-state index in [1.165, 1.54) is 21.6 Å². The maximum atomic E-state index is 10.1. The Kier molecular flexibility index (Phi) is 2.77. The first kappa shape index (κ1) is 13.3. The van der Waals surface area contributed by atoms with Crippen molar-refractivity contribution in [3.05, 3.63) is 12.7 Å². The minimum absolute atomic E-state index is 0.154. The summed E-state index contributed by atoms with van der Waals surface area (Å²) in [5, 5.41) is 36.8. The van der Waals surface area contributed by atoms with Crippen LogP contribution in [0.4, 0.5) is 5.95 Å². The molecule has 0 aromatic carbocycles. The first-order valence-electron chi connectivity index (χ1n) is 6.56. The van der Waals surface area contributed by atoms with Gasteiger partial charge in [0, 0.05) is 0 Å². The van der Waals surface area contributed by atoms with E-state index < -0.39 is 31.1 Å². The zero-order valence-electron chi connectivity index (χ0n) is 11.2. The normalized spacial score (nSPS) is 28.9. The minimum atomic E-state index is -1.23. The summed E-state index contributed by atoms with van der Waals surface area (Å²) in [5.41, 5.74) is 7.05. The fraction of sp³-hybridized carbons (Fsp3) is 0.455. The zero-order valence-corrected chi connectivity index (χ0v) is 11.2. The highest BCUT2D eigenvalue weighted by molar-refractivity contribution is 5.86. The first-order valence-corrected chi connectivity index (χ1v) is 6.56. The van der Waals surface area contributed by atoms with E-state index in [4.69, 9.17) is 15.6 Å². The number of nitrogens with zero attached hydrogens (tertiary/aromatic N) is 6. The third-order valence-corrected chi connectivity index (χ3v) is 3.79. The maximum absolute atomic E-state index is 10.1. The molecule has 0 unspecified atom stereocenters. The van der Waals surface area contributed by atoms with Crippen LogP contribution in [0.2, 0.25) is 0 Å². The van der Waals surface area contributed by atoms with Gasteiger partial charge in [-0.2, -0.15) is 4.98 Å². The number of nitrogen functional groups attached to an aromatic ring is 1. The molecule has 11 nitrogen and oxygen atoms in total. The van der Waals surface area contributed by atoms with Crippen LogP contribution in [-0.4, -0.2) is 69.4 Å². The van der Waals surface area contributed by atoms with E-state index in [9.17, 15) is 10.2 Å². The van der Waals surface area contributed by atoms with Gasteiger partial charge in [-0.05, 0) is 0 Å².